The van der Waals surface area contributed by atoms with Crippen molar-refractivity contribution in [2.75, 3.05) is 31.0 Å². The normalized spacial score (nSPS) is 13.0. The third-order valence-electron chi connectivity index (χ3n) is 4.84. The average Bonchev–Trinajstić information content (AvgIpc) is 2.77. The predicted octanol–water partition coefficient (Wildman–Crippen LogP) is 3.06. The van der Waals surface area contributed by atoms with Crippen LogP contribution in [0.2, 0.25) is 0 Å². The minimum absolute atomic E-state index is 0.671. The number of hydrogen-bond acceptors (Lipinski definition) is 7. The van der Waals surface area contributed by atoms with Gasteiger partial charge in [-0.1, -0.05) is 6.07 Å². The first-order valence-corrected chi connectivity index (χ1v) is 9.21. The van der Waals surface area contributed by atoms with Crippen molar-refractivity contribution in [2.24, 2.45) is 0 Å². The minimum atomic E-state index is 0.671. The highest BCUT2D eigenvalue weighted by molar-refractivity contribution is 5.51. The number of methoxy groups -OCH3 is 2. The topological polar surface area (TPSA) is 72.4 Å². The van der Waals surface area contributed by atoms with Crippen LogP contribution in [0.25, 0.3) is 0 Å². The summed E-state index contributed by atoms with van der Waals surface area (Å²) in [5.74, 6) is 3.03. The fourth-order valence-electron chi connectivity index (χ4n) is 3.35. The third kappa shape index (κ3) is 3.83. The van der Waals surface area contributed by atoms with Crippen LogP contribution >= 0.6 is 0 Å². The van der Waals surface area contributed by atoms with Crippen molar-refractivity contribution in [1.82, 2.24) is 15.0 Å². The standard InChI is InChI=1S/C21H23N5O2/c1-27-18-10-16-6-9-26(14-17(16)11-19(18)28-2)21-23-8-5-20(25-21)24-13-15-4-3-7-22-12-15/h3-5,7-8,10-12H,6,9,13-14H2,1-2H3,(H,23,24,25). The molecular formula is C21H23N5O2. The van der Waals surface area contributed by atoms with E-state index in [1.165, 1.54) is 11.1 Å². The summed E-state index contributed by atoms with van der Waals surface area (Å²) in [4.78, 5) is 15.5. The number of rotatable bonds is 6. The maximum atomic E-state index is 5.45. The van der Waals surface area contributed by atoms with Gasteiger partial charge in [0, 0.05) is 38.2 Å². The van der Waals surface area contributed by atoms with E-state index in [1.54, 1.807) is 26.6 Å². The molecule has 1 aromatic carbocycles. The smallest absolute Gasteiger partial charge is 0.227 e. The summed E-state index contributed by atoms with van der Waals surface area (Å²) in [5, 5.41) is 3.34. The van der Waals surface area contributed by atoms with Crippen LogP contribution in [0.1, 0.15) is 16.7 Å². The van der Waals surface area contributed by atoms with Gasteiger partial charge in [-0.15, -0.1) is 0 Å². The molecule has 0 radical (unpaired) electrons. The molecule has 0 spiro atoms. The Labute approximate surface area is 164 Å². The number of nitrogens with one attached hydrogen (secondary N) is 1. The largest absolute Gasteiger partial charge is 0.493 e. The number of nitrogens with zero attached hydrogens (tertiary/aromatic N) is 4. The van der Waals surface area contributed by atoms with Crippen LogP contribution in [0.3, 0.4) is 0 Å². The second-order valence-electron chi connectivity index (χ2n) is 6.60. The van der Waals surface area contributed by atoms with E-state index in [0.29, 0.717) is 6.54 Å². The van der Waals surface area contributed by atoms with Crippen LogP contribution < -0.4 is 19.7 Å². The second-order valence-corrected chi connectivity index (χ2v) is 6.60. The number of benzene rings is 1. The van der Waals surface area contributed by atoms with Crippen molar-refractivity contribution in [1.29, 1.82) is 0 Å². The van der Waals surface area contributed by atoms with Crippen molar-refractivity contribution >= 4 is 11.8 Å². The zero-order valence-electron chi connectivity index (χ0n) is 16.1. The van der Waals surface area contributed by atoms with Gasteiger partial charge in [0.15, 0.2) is 11.5 Å². The van der Waals surface area contributed by atoms with E-state index in [9.17, 15) is 0 Å². The van der Waals surface area contributed by atoms with Crippen LogP contribution in [0.5, 0.6) is 11.5 Å². The Balaban J connectivity index is 1.49. The summed E-state index contributed by atoms with van der Waals surface area (Å²) in [6, 6.07) is 9.96. The molecule has 2 aromatic heterocycles. The molecule has 7 heteroatoms. The number of fused-ring (bicyclic) bond motifs is 1. The molecule has 0 saturated carbocycles. The van der Waals surface area contributed by atoms with Crippen molar-refractivity contribution in [3.63, 3.8) is 0 Å². The molecule has 1 aliphatic rings. The molecule has 4 rings (SSSR count). The average molecular weight is 377 g/mol. The van der Waals surface area contributed by atoms with E-state index in [2.05, 4.69) is 31.2 Å². The lowest BCUT2D eigenvalue weighted by Gasteiger charge is -2.29. The van der Waals surface area contributed by atoms with Gasteiger partial charge in [-0.05, 0) is 47.4 Å². The van der Waals surface area contributed by atoms with Gasteiger partial charge in [0.1, 0.15) is 5.82 Å². The molecule has 0 unspecified atom stereocenters. The van der Waals surface area contributed by atoms with E-state index >= 15 is 0 Å². The molecule has 0 fully saturated rings. The highest BCUT2D eigenvalue weighted by Gasteiger charge is 2.21. The van der Waals surface area contributed by atoms with Gasteiger partial charge >= 0.3 is 0 Å². The van der Waals surface area contributed by atoms with Crippen molar-refractivity contribution in [2.45, 2.75) is 19.5 Å². The fraction of sp³-hybridized carbons (Fsp3) is 0.286. The van der Waals surface area contributed by atoms with Gasteiger partial charge in [-0.2, -0.15) is 4.98 Å². The van der Waals surface area contributed by atoms with Crippen LogP contribution in [-0.2, 0) is 19.5 Å². The second kappa shape index (κ2) is 8.12. The summed E-state index contributed by atoms with van der Waals surface area (Å²) < 4.78 is 10.9. The molecule has 144 valence electrons. The van der Waals surface area contributed by atoms with Gasteiger partial charge in [-0.3, -0.25) is 4.98 Å². The molecule has 28 heavy (non-hydrogen) atoms. The molecule has 1 N–H and O–H groups in total. The maximum Gasteiger partial charge on any atom is 0.227 e. The van der Waals surface area contributed by atoms with Crippen LogP contribution in [0.15, 0.2) is 48.9 Å². The van der Waals surface area contributed by atoms with Gasteiger partial charge in [0.2, 0.25) is 5.95 Å². The Morgan fingerprint density at radius 3 is 2.64 bits per heavy atom. The van der Waals surface area contributed by atoms with Crippen molar-refractivity contribution in [3.05, 3.63) is 65.6 Å². The van der Waals surface area contributed by atoms with Gasteiger partial charge in [0.05, 0.1) is 14.2 Å². The number of aromatic nitrogens is 3. The number of pyridine rings is 1. The summed E-state index contributed by atoms with van der Waals surface area (Å²) >= 11 is 0. The molecule has 0 saturated heterocycles. The molecule has 0 amide bonds. The first kappa shape index (κ1) is 18.0. The molecule has 1 aliphatic heterocycles. The van der Waals surface area contributed by atoms with E-state index in [4.69, 9.17) is 9.47 Å². The molecule has 0 atom stereocenters. The molecule has 3 aromatic rings. The Hall–Kier alpha value is -3.35. The van der Waals surface area contributed by atoms with Crippen LogP contribution in [-0.4, -0.2) is 35.7 Å². The molecular weight excluding hydrogens is 354 g/mol. The Morgan fingerprint density at radius 2 is 1.89 bits per heavy atom. The lowest BCUT2D eigenvalue weighted by atomic mass is 9.99. The summed E-state index contributed by atoms with van der Waals surface area (Å²) in [7, 11) is 3.32. The molecule has 0 bridgehead atoms. The zero-order valence-corrected chi connectivity index (χ0v) is 16.1. The highest BCUT2D eigenvalue weighted by Crippen LogP contribution is 2.33. The van der Waals surface area contributed by atoms with Crippen LogP contribution in [0.4, 0.5) is 11.8 Å². The Bertz CT molecular complexity index is 949. The fourth-order valence-corrected chi connectivity index (χ4v) is 3.35. The zero-order chi connectivity index (χ0) is 19.3. The minimum Gasteiger partial charge on any atom is -0.493 e. The maximum absolute atomic E-state index is 5.45. The molecule has 7 nitrogen and oxygen atoms in total. The quantitative estimate of drug-likeness (QED) is 0.708. The van der Waals surface area contributed by atoms with Gasteiger partial charge in [0.25, 0.3) is 0 Å². The number of hydrogen-bond donors (Lipinski definition) is 1. The monoisotopic (exact) mass is 377 g/mol. The third-order valence-corrected chi connectivity index (χ3v) is 4.84. The van der Waals surface area contributed by atoms with E-state index < -0.39 is 0 Å². The lowest BCUT2D eigenvalue weighted by Crippen LogP contribution is -2.32. The predicted molar refractivity (Wildman–Crippen MR) is 108 cm³/mol. The first-order valence-electron chi connectivity index (χ1n) is 9.21. The van der Waals surface area contributed by atoms with Crippen molar-refractivity contribution < 1.29 is 9.47 Å². The molecule has 3 heterocycles. The Morgan fingerprint density at radius 1 is 1.07 bits per heavy atom. The van der Waals surface area contributed by atoms with E-state index in [-0.39, 0.29) is 0 Å². The summed E-state index contributed by atoms with van der Waals surface area (Å²) in [5.41, 5.74) is 3.59. The highest BCUT2D eigenvalue weighted by atomic mass is 16.5. The van der Waals surface area contributed by atoms with E-state index in [0.717, 1.165) is 48.3 Å². The summed E-state index contributed by atoms with van der Waals surface area (Å²) in [6.07, 6.45) is 6.31. The first-order chi connectivity index (χ1) is 13.8. The molecule has 0 aliphatic carbocycles. The van der Waals surface area contributed by atoms with Crippen LogP contribution in [0, 0.1) is 0 Å². The number of ether oxygens (including phenoxy) is 2. The van der Waals surface area contributed by atoms with E-state index in [1.807, 2.05) is 30.5 Å². The Kier molecular flexibility index (Phi) is 5.23. The summed E-state index contributed by atoms with van der Waals surface area (Å²) in [6.45, 7) is 2.26. The van der Waals surface area contributed by atoms with Gasteiger partial charge in [-0.25, -0.2) is 4.98 Å². The van der Waals surface area contributed by atoms with Gasteiger partial charge < -0.3 is 19.7 Å². The lowest BCUT2D eigenvalue weighted by molar-refractivity contribution is 0.353. The SMILES string of the molecule is COc1cc2c(cc1OC)CN(c1nccc(NCc3cccnc3)n1)CC2. The number of anilines is 2. The van der Waals surface area contributed by atoms with Crippen molar-refractivity contribution in [3.8, 4) is 11.5 Å².